The SMILES string of the molecule is Cl.O=S(=O)(NCCCN1CCOCC1)c1ccc(OC(F)(F)F)cc1. The molecule has 1 aliphatic rings. The lowest BCUT2D eigenvalue weighted by atomic mass is 10.3. The van der Waals surface area contributed by atoms with Crippen molar-refractivity contribution in [3.05, 3.63) is 24.3 Å². The van der Waals surface area contributed by atoms with Crippen molar-refractivity contribution in [3.63, 3.8) is 0 Å². The molecule has 0 bridgehead atoms. The fraction of sp³-hybridized carbons (Fsp3) is 0.571. The number of nitrogens with zero attached hydrogens (tertiary/aromatic N) is 1. The Morgan fingerprint density at radius 3 is 2.32 bits per heavy atom. The van der Waals surface area contributed by atoms with E-state index in [1.165, 1.54) is 0 Å². The summed E-state index contributed by atoms with van der Waals surface area (Å²) in [5.74, 6) is -0.464. The third-order valence-corrected chi connectivity index (χ3v) is 4.89. The first-order chi connectivity index (χ1) is 11.3. The van der Waals surface area contributed by atoms with Crippen LogP contribution in [0.25, 0.3) is 0 Å². The predicted octanol–water partition coefficient (Wildman–Crippen LogP) is 2.01. The summed E-state index contributed by atoms with van der Waals surface area (Å²) < 4.78 is 71.7. The standard InChI is InChI=1S/C14H19F3N2O4S.ClH/c15-14(16,17)23-12-2-4-13(5-3-12)24(20,21)18-6-1-7-19-8-10-22-11-9-19;/h2-5,18H,1,6-11H2;1H. The highest BCUT2D eigenvalue weighted by Gasteiger charge is 2.31. The van der Waals surface area contributed by atoms with Gasteiger partial charge < -0.3 is 9.47 Å². The van der Waals surface area contributed by atoms with Crippen LogP contribution in [-0.4, -0.2) is 59.1 Å². The molecule has 1 N–H and O–H groups in total. The summed E-state index contributed by atoms with van der Waals surface area (Å²) in [5, 5.41) is 0. The largest absolute Gasteiger partial charge is 0.573 e. The lowest BCUT2D eigenvalue weighted by molar-refractivity contribution is -0.274. The zero-order valence-corrected chi connectivity index (χ0v) is 14.9. The van der Waals surface area contributed by atoms with Crippen molar-refractivity contribution in [1.29, 1.82) is 0 Å². The molecule has 2 rings (SSSR count). The number of ether oxygens (including phenoxy) is 2. The van der Waals surface area contributed by atoms with E-state index in [0.29, 0.717) is 19.6 Å². The normalized spacial score (nSPS) is 16.3. The molecule has 1 aliphatic heterocycles. The van der Waals surface area contributed by atoms with E-state index in [1.54, 1.807) is 0 Å². The molecule has 0 aliphatic carbocycles. The molecule has 1 aromatic rings. The fourth-order valence-electron chi connectivity index (χ4n) is 2.24. The molecule has 11 heteroatoms. The molecule has 0 radical (unpaired) electrons. The number of hydrogen-bond acceptors (Lipinski definition) is 5. The van der Waals surface area contributed by atoms with Crippen LogP contribution in [0.2, 0.25) is 0 Å². The van der Waals surface area contributed by atoms with Crippen molar-refractivity contribution in [3.8, 4) is 5.75 Å². The summed E-state index contributed by atoms with van der Waals surface area (Å²) in [6.07, 6.45) is -4.17. The molecule has 0 unspecified atom stereocenters. The van der Waals surface area contributed by atoms with Gasteiger partial charge in [-0.25, -0.2) is 13.1 Å². The van der Waals surface area contributed by atoms with E-state index in [0.717, 1.165) is 43.9 Å². The summed E-state index contributed by atoms with van der Waals surface area (Å²) >= 11 is 0. The van der Waals surface area contributed by atoms with Crippen molar-refractivity contribution >= 4 is 22.4 Å². The van der Waals surface area contributed by atoms with E-state index in [9.17, 15) is 21.6 Å². The highest BCUT2D eigenvalue weighted by molar-refractivity contribution is 7.89. The maximum absolute atomic E-state index is 12.1. The second-order valence-corrected chi connectivity index (χ2v) is 6.99. The first-order valence-corrected chi connectivity index (χ1v) is 8.90. The predicted molar refractivity (Wildman–Crippen MR) is 87.4 cm³/mol. The summed E-state index contributed by atoms with van der Waals surface area (Å²) in [7, 11) is -3.75. The minimum atomic E-state index is -4.81. The van der Waals surface area contributed by atoms with Gasteiger partial charge in [0.1, 0.15) is 5.75 Å². The fourth-order valence-corrected chi connectivity index (χ4v) is 3.31. The van der Waals surface area contributed by atoms with Crippen LogP contribution in [0, 0.1) is 0 Å². The highest BCUT2D eigenvalue weighted by atomic mass is 35.5. The van der Waals surface area contributed by atoms with E-state index in [-0.39, 0.29) is 23.8 Å². The van der Waals surface area contributed by atoms with Crippen molar-refractivity contribution in [2.45, 2.75) is 17.7 Å². The lowest BCUT2D eigenvalue weighted by Gasteiger charge is -2.26. The van der Waals surface area contributed by atoms with Crippen LogP contribution < -0.4 is 9.46 Å². The van der Waals surface area contributed by atoms with Gasteiger partial charge in [0.15, 0.2) is 0 Å². The quantitative estimate of drug-likeness (QED) is 0.704. The molecule has 0 spiro atoms. The van der Waals surface area contributed by atoms with E-state index in [2.05, 4.69) is 14.4 Å². The van der Waals surface area contributed by atoms with Gasteiger partial charge in [0.2, 0.25) is 10.0 Å². The van der Waals surface area contributed by atoms with Gasteiger partial charge in [-0.3, -0.25) is 4.90 Å². The Morgan fingerprint density at radius 1 is 1.16 bits per heavy atom. The van der Waals surface area contributed by atoms with Crippen molar-refractivity contribution in [2.75, 3.05) is 39.4 Å². The second-order valence-electron chi connectivity index (χ2n) is 5.22. The van der Waals surface area contributed by atoms with Gasteiger partial charge in [-0.1, -0.05) is 0 Å². The third kappa shape index (κ3) is 7.78. The second kappa shape index (κ2) is 9.58. The number of benzene rings is 1. The average Bonchev–Trinajstić information content (AvgIpc) is 2.52. The average molecular weight is 405 g/mol. The number of nitrogens with one attached hydrogen (secondary N) is 1. The maximum atomic E-state index is 12.1. The summed E-state index contributed by atoms with van der Waals surface area (Å²) in [6, 6.07) is 4.09. The molecule has 1 fully saturated rings. The van der Waals surface area contributed by atoms with Crippen LogP contribution in [-0.2, 0) is 14.8 Å². The molecular weight excluding hydrogens is 385 g/mol. The lowest BCUT2D eigenvalue weighted by Crippen LogP contribution is -2.38. The minimum absolute atomic E-state index is 0. The molecule has 144 valence electrons. The number of sulfonamides is 1. The molecule has 1 aromatic carbocycles. The number of alkyl halides is 3. The molecule has 0 saturated carbocycles. The van der Waals surface area contributed by atoms with Crippen LogP contribution in [0.5, 0.6) is 5.75 Å². The van der Waals surface area contributed by atoms with E-state index < -0.39 is 22.1 Å². The maximum Gasteiger partial charge on any atom is 0.573 e. The van der Waals surface area contributed by atoms with Crippen molar-refractivity contribution in [1.82, 2.24) is 9.62 Å². The zero-order valence-electron chi connectivity index (χ0n) is 13.3. The first-order valence-electron chi connectivity index (χ1n) is 7.42. The summed E-state index contributed by atoms with van der Waals surface area (Å²) in [4.78, 5) is 2.07. The van der Waals surface area contributed by atoms with Crippen LogP contribution in [0.3, 0.4) is 0 Å². The highest BCUT2D eigenvalue weighted by Crippen LogP contribution is 2.23. The van der Waals surface area contributed by atoms with Gasteiger partial charge in [-0.05, 0) is 37.2 Å². The Bertz CT molecular complexity index is 620. The molecule has 1 heterocycles. The number of halogens is 4. The van der Waals surface area contributed by atoms with Gasteiger partial charge in [-0.15, -0.1) is 25.6 Å². The van der Waals surface area contributed by atoms with Crippen LogP contribution in [0.4, 0.5) is 13.2 Å². The van der Waals surface area contributed by atoms with Gasteiger partial charge in [-0.2, -0.15) is 0 Å². The topological polar surface area (TPSA) is 67.9 Å². The monoisotopic (exact) mass is 404 g/mol. The molecule has 0 atom stereocenters. The van der Waals surface area contributed by atoms with Crippen LogP contribution in [0.1, 0.15) is 6.42 Å². The van der Waals surface area contributed by atoms with E-state index >= 15 is 0 Å². The summed E-state index contributed by atoms with van der Waals surface area (Å²) in [5.41, 5.74) is 0. The third-order valence-electron chi connectivity index (χ3n) is 3.41. The Hall–Kier alpha value is -1.07. The first kappa shape index (κ1) is 22.0. The zero-order chi connectivity index (χ0) is 17.6. The van der Waals surface area contributed by atoms with E-state index in [1.807, 2.05) is 0 Å². The van der Waals surface area contributed by atoms with Gasteiger partial charge in [0.25, 0.3) is 0 Å². The Kier molecular flexibility index (Phi) is 8.42. The van der Waals surface area contributed by atoms with Crippen LogP contribution in [0.15, 0.2) is 29.2 Å². The van der Waals surface area contributed by atoms with E-state index in [4.69, 9.17) is 4.74 Å². The van der Waals surface area contributed by atoms with Crippen molar-refractivity contribution in [2.24, 2.45) is 0 Å². The number of hydrogen-bond donors (Lipinski definition) is 1. The molecule has 6 nitrogen and oxygen atoms in total. The number of rotatable bonds is 7. The molecule has 1 saturated heterocycles. The van der Waals surface area contributed by atoms with Gasteiger partial charge in [0.05, 0.1) is 18.1 Å². The van der Waals surface area contributed by atoms with Gasteiger partial charge in [0, 0.05) is 19.6 Å². The van der Waals surface area contributed by atoms with Gasteiger partial charge >= 0.3 is 6.36 Å². The number of morpholine rings is 1. The minimum Gasteiger partial charge on any atom is -0.406 e. The molecule has 0 amide bonds. The Balaban J connectivity index is 0.00000312. The molecule has 25 heavy (non-hydrogen) atoms. The summed E-state index contributed by atoms with van der Waals surface area (Å²) in [6.45, 7) is 4.02. The molecular formula is C14H20ClF3N2O4S. The van der Waals surface area contributed by atoms with Crippen molar-refractivity contribution < 1.29 is 31.1 Å². The molecule has 0 aromatic heterocycles. The van der Waals surface area contributed by atoms with Crippen LogP contribution >= 0.6 is 12.4 Å². The smallest absolute Gasteiger partial charge is 0.406 e. The Morgan fingerprint density at radius 2 is 1.76 bits per heavy atom. The Labute approximate surface area is 150 Å².